The van der Waals surface area contributed by atoms with Crippen LogP contribution in [-0.4, -0.2) is 21.8 Å². The van der Waals surface area contributed by atoms with Gasteiger partial charge in [-0.25, -0.2) is 8.42 Å². The lowest BCUT2D eigenvalue weighted by atomic mass is 10.2. The minimum Gasteiger partial charge on any atom is -0.497 e. The second-order valence-electron chi connectivity index (χ2n) is 4.38. The first-order chi connectivity index (χ1) is 9.49. The maximum Gasteiger partial charge on any atom is 0.175 e. The van der Waals surface area contributed by atoms with Crippen molar-refractivity contribution >= 4 is 9.84 Å². The predicted molar refractivity (Wildman–Crippen MR) is 76.9 cm³/mol. The Kier molecular flexibility index (Phi) is 4.29. The zero-order valence-corrected chi connectivity index (χ0v) is 12.2. The third-order valence-corrected chi connectivity index (χ3v) is 3.92. The third-order valence-electron chi connectivity index (χ3n) is 2.79. The molecule has 0 saturated heterocycles. The summed E-state index contributed by atoms with van der Waals surface area (Å²) in [6, 6.07) is 14.0. The quantitative estimate of drug-likeness (QED) is 0.850. The second kappa shape index (κ2) is 5.96. The number of hydrogen-bond acceptors (Lipinski definition) is 4. The highest BCUT2D eigenvalue weighted by atomic mass is 32.2. The van der Waals surface area contributed by atoms with Crippen molar-refractivity contribution in [2.24, 2.45) is 0 Å². The molecule has 20 heavy (non-hydrogen) atoms. The summed E-state index contributed by atoms with van der Waals surface area (Å²) in [5, 5.41) is 0. The Labute approximate surface area is 118 Å². The maximum atomic E-state index is 11.3. The van der Waals surface area contributed by atoms with E-state index in [1.165, 1.54) is 18.4 Å². The van der Waals surface area contributed by atoms with E-state index in [0.29, 0.717) is 12.4 Å². The van der Waals surface area contributed by atoms with Crippen LogP contribution < -0.4 is 9.47 Å². The van der Waals surface area contributed by atoms with E-state index in [9.17, 15) is 8.42 Å². The van der Waals surface area contributed by atoms with E-state index in [1.54, 1.807) is 19.2 Å². The first-order valence-corrected chi connectivity index (χ1v) is 7.94. The van der Waals surface area contributed by atoms with Crippen molar-refractivity contribution < 1.29 is 17.9 Å². The molecule has 0 atom stereocenters. The van der Waals surface area contributed by atoms with Crippen molar-refractivity contribution in [3.63, 3.8) is 0 Å². The van der Waals surface area contributed by atoms with Crippen LogP contribution in [0.15, 0.2) is 53.4 Å². The lowest BCUT2D eigenvalue weighted by molar-refractivity contribution is 0.305. The van der Waals surface area contributed by atoms with Gasteiger partial charge in [0.2, 0.25) is 0 Å². The third kappa shape index (κ3) is 3.74. The lowest BCUT2D eigenvalue weighted by Gasteiger charge is -2.08. The summed E-state index contributed by atoms with van der Waals surface area (Å²) in [7, 11) is -1.55. The van der Waals surface area contributed by atoms with E-state index >= 15 is 0 Å². The average Bonchev–Trinajstić information content (AvgIpc) is 2.45. The Hall–Kier alpha value is -2.01. The molecule has 106 valence electrons. The largest absolute Gasteiger partial charge is 0.497 e. The number of hydrogen-bond donors (Lipinski definition) is 0. The molecule has 0 amide bonds. The number of methoxy groups -OCH3 is 1. The van der Waals surface area contributed by atoms with Crippen molar-refractivity contribution in [2.75, 3.05) is 13.4 Å². The summed E-state index contributed by atoms with van der Waals surface area (Å²) in [6.45, 7) is 0.398. The minimum absolute atomic E-state index is 0.284. The molecule has 0 aliphatic carbocycles. The van der Waals surface area contributed by atoms with Crippen LogP contribution in [0.1, 0.15) is 5.56 Å². The van der Waals surface area contributed by atoms with Gasteiger partial charge in [-0.05, 0) is 42.0 Å². The van der Waals surface area contributed by atoms with E-state index in [0.717, 1.165) is 11.3 Å². The summed E-state index contributed by atoms with van der Waals surface area (Å²) < 4.78 is 33.4. The first-order valence-electron chi connectivity index (χ1n) is 6.05. The molecule has 0 heterocycles. The van der Waals surface area contributed by atoms with Gasteiger partial charge in [0.1, 0.15) is 18.1 Å². The molecule has 0 bridgehead atoms. The number of benzene rings is 2. The Morgan fingerprint density at radius 1 is 1.00 bits per heavy atom. The van der Waals surface area contributed by atoms with E-state index in [-0.39, 0.29) is 4.90 Å². The van der Waals surface area contributed by atoms with Gasteiger partial charge in [-0.1, -0.05) is 12.1 Å². The number of ether oxygens (including phenoxy) is 2. The molecule has 0 aromatic heterocycles. The predicted octanol–water partition coefficient (Wildman–Crippen LogP) is 2.68. The van der Waals surface area contributed by atoms with Crippen LogP contribution >= 0.6 is 0 Å². The molecule has 0 N–H and O–H groups in total. The van der Waals surface area contributed by atoms with Crippen LogP contribution in [0, 0.1) is 0 Å². The molecule has 0 aliphatic rings. The highest BCUT2D eigenvalue weighted by molar-refractivity contribution is 7.90. The van der Waals surface area contributed by atoms with Crippen molar-refractivity contribution in [2.45, 2.75) is 11.5 Å². The molecule has 2 aromatic rings. The van der Waals surface area contributed by atoms with Crippen molar-refractivity contribution in [3.05, 3.63) is 54.1 Å². The van der Waals surface area contributed by atoms with Crippen LogP contribution in [0.25, 0.3) is 0 Å². The van der Waals surface area contributed by atoms with E-state index in [1.807, 2.05) is 24.3 Å². The molecule has 0 aliphatic heterocycles. The second-order valence-corrected chi connectivity index (χ2v) is 6.40. The van der Waals surface area contributed by atoms with Gasteiger partial charge in [0, 0.05) is 6.26 Å². The van der Waals surface area contributed by atoms with Crippen LogP contribution in [-0.2, 0) is 16.4 Å². The molecule has 0 fully saturated rings. The zero-order valence-electron chi connectivity index (χ0n) is 11.4. The standard InChI is InChI=1S/C15H16O4S/c1-18-14-5-3-4-12(10-14)11-19-13-6-8-15(9-7-13)20(2,16)17/h3-10H,11H2,1-2H3. The Balaban J connectivity index is 2.04. The molecule has 4 nitrogen and oxygen atoms in total. The van der Waals surface area contributed by atoms with Gasteiger partial charge in [-0.3, -0.25) is 0 Å². The van der Waals surface area contributed by atoms with Crippen LogP contribution in [0.4, 0.5) is 0 Å². The number of rotatable bonds is 5. The maximum absolute atomic E-state index is 11.3. The fraction of sp³-hybridized carbons (Fsp3) is 0.200. The van der Waals surface area contributed by atoms with Crippen molar-refractivity contribution in [1.29, 1.82) is 0 Å². The van der Waals surface area contributed by atoms with Gasteiger partial charge in [0.05, 0.1) is 12.0 Å². The molecule has 2 rings (SSSR count). The number of sulfone groups is 1. The molecular formula is C15H16O4S. The minimum atomic E-state index is -3.17. The summed E-state index contributed by atoms with van der Waals surface area (Å²) in [5.74, 6) is 1.40. The van der Waals surface area contributed by atoms with Crippen LogP contribution in [0.2, 0.25) is 0 Å². The summed E-state index contributed by atoms with van der Waals surface area (Å²) in [5.41, 5.74) is 0.983. The molecule has 0 saturated carbocycles. The fourth-order valence-electron chi connectivity index (χ4n) is 1.71. The summed E-state index contributed by atoms with van der Waals surface area (Å²) >= 11 is 0. The normalized spacial score (nSPS) is 11.1. The Morgan fingerprint density at radius 2 is 1.70 bits per heavy atom. The van der Waals surface area contributed by atoms with Crippen molar-refractivity contribution in [3.8, 4) is 11.5 Å². The van der Waals surface area contributed by atoms with Gasteiger partial charge in [-0.15, -0.1) is 0 Å². The van der Waals surface area contributed by atoms with Gasteiger partial charge >= 0.3 is 0 Å². The molecule has 0 spiro atoms. The highest BCUT2D eigenvalue weighted by Gasteiger charge is 2.06. The Bertz CT molecular complexity index is 675. The van der Waals surface area contributed by atoms with Gasteiger partial charge in [-0.2, -0.15) is 0 Å². The molecule has 2 aromatic carbocycles. The fourth-order valence-corrected chi connectivity index (χ4v) is 2.34. The SMILES string of the molecule is COc1cccc(COc2ccc(S(C)(=O)=O)cc2)c1. The Morgan fingerprint density at radius 3 is 2.30 bits per heavy atom. The van der Waals surface area contributed by atoms with Gasteiger partial charge in [0.25, 0.3) is 0 Å². The topological polar surface area (TPSA) is 52.6 Å². The molecule has 0 radical (unpaired) electrons. The zero-order chi connectivity index (χ0) is 14.6. The van der Waals surface area contributed by atoms with E-state index < -0.39 is 9.84 Å². The van der Waals surface area contributed by atoms with Crippen LogP contribution in [0.3, 0.4) is 0 Å². The average molecular weight is 292 g/mol. The molecule has 0 unspecified atom stereocenters. The lowest BCUT2D eigenvalue weighted by Crippen LogP contribution is -1.98. The summed E-state index contributed by atoms with van der Waals surface area (Å²) in [4.78, 5) is 0.284. The monoisotopic (exact) mass is 292 g/mol. The van der Waals surface area contributed by atoms with Crippen LogP contribution in [0.5, 0.6) is 11.5 Å². The first kappa shape index (κ1) is 14.4. The van der Waals surface area contributed by atoms with E-state index in [2.05, 4.69) is 0 Å². The van der Waals surface area contributed by atoms with Gasteiger partial charge in [0.15, 0.2) is 9.84 Å². The molecule has 5 heteroatoms. The van der Waals surface area contributed by atoms with Crippen molar-refractivity contribution in [1.82, 2.24) is 0 Å². The van der Waals surface area contributed by atoms with E-state index in [4.69, 9.17) is 9.47 Å². The summed E-state index contributed by atoms with van der Waals surface area (Å²) in [6.07, 6.45) is 1.18. The smallest absolute Gasteiger partial charge is 0.175 e. The highest BCUT2D eigenvalue weighted by Crippen LogP contribution is 2.18. The molecular weight excluding hydrogens is 276 g/mol. The van der Waals surface area contributed by atoms with Gasteiger partial charge < -0.3 is 9.47 Å².